The van der Waals surface area contributed by atoms with Crippen molar-refractivity contribution in [3.8, 4) is 17.2 Å². The van der Waals surface area contributed by atoms with E-state index in [4.69, 9.17) is 5.73 Å². The molecule has 2 N–H and O–H groups in total. The van der Waals surface area contributed by atoms with E-state index in [9.17, 15) is 5.26 Å². The van der Waals surface area contributed by atoms with E-state index >= 15 is 0 Å². The number of benzene rings is 1. The lowest BCUT2D eigenvalue weighted by molar-refractivity contribution is 0.813. The third kappa shape index (κ3) is 2.84. The van der Waals surface area contributed by atoms with Gasteiger partial charge in [0.05, 0.1) is 5.69 Å². The van der Waals surface area contributed by atoms with Gasteiger partial charge in [-0.3, -0.25) is 4.98 Å². The molecular formula is C22H18N4. The van der Waals surface area contributed by atoms with Crippen LogP contribution in [0.25, 0.3) is 22.8 Å². The maximum Gasteiger partial charge on any atom is 0.142 e. The van der Waals surface area contributed by atoms with Gasteiger partial charge in [-0.1, -0.05) is 36.4 Å². The SMILES string of the molecule is N#Cc1c(N)nc2c(c1-c1cccnc1)CCCC2=Cc1ccccc1. The van der Waals surface area contributed by atoms with Crippen molar-refractivity contribution in [2.45, 2.75) is 19.3 Å². The molecule has 4 nitrogen and oxygen atoms in total. The largest absolute Gasteiger partial charge is 0.383 e. The number of pyridine rings is 2. The van der Waals surface area contributed by atoms with E-state index in [1.54, 1.807) is 12.4 Å². The molecule has 2 aromatic heterocycles. The van der Waals surface area contributed by atoms with E-state index in [-0.39, 0.29) is 5.82 Å². The van der Waals surface area contributed by atoms with Crippen molar-refractivity contribution in [1.82, 2.24) is 9.97 Å². The Morgan fingerprint density at radius 3 is 2.65 bits per heavy atom. The molecule has 4 rings (SSSR count). The van der Waals surface area contributed by atoms with Gasteiger partial charge < -0.3 is 5.73 Å². The fourth-order valence-corrected chi connectivity index (χ4v) is 3.56. The van der Waals surface area contributed by atoms with E-state index in [0.717, 1.165) is 47.2 Å². The zero-order valence-corrected chi connectivity index (χ0v) is 14.3. The summed E-state index contributed by atoms with van der Waals surface area (Å²) in [5, 5.41) is 9.66. The standard InChI is InChI=1S/C22H18N4/c23-13-19-20(17-9-5-11-25-14-17)18-10-4-8-16(21(18)26-22(19)24)12-15-6-2-1-3-7-15/h1-3,5-7,9,11-12,14H,4,8,10H2,(H2,24,26). The van der Waals surface area contributed by atoms with E-state index < -0.39 is 0 Å². The molecule has 1 aliphatic rings. The number of fused-ring (bicyclic) bond motifs is 1. The van der Waals surface area contributed by atoms with Gasteiger partial charge in [0.2, 0.25) is 0 Å². The highest BCUT2D eigenvalue weighted by Crippen LogP contribution is 2.40. The van der Waals surface area contributed by atoms with Crippen LogP contribution in [0.1, 0.15) is 35.2 Å². The molecule has 0 unspecified atom stereocenters. The number of rotatable bonds is 2. The first-order chi connectivity index (χ1) is 12.8. The third-order valence-electron chi connectivity index (χ3n) is 4.71. The van der Waals surface area contributed by atoms with Crippen LogP contribution in [-0.2, 0) is 6.42 Å². The molecule has 0 spiro atoms. The highest BCUT2D eigenvalue weighted by Gasteiger charge is 2.24. The Kier molecular flexibility index (Phi) is 4.20. The number of hydrogen-bond donors (Lipinski definition) is 1. The highest BCUT2D eigenvalue weighted by molar-refractivity contribution is 5.88. The quantitative estimate of drug-likeness (QED) is 0.748. The van der Waals surface area contributed by atoms with Gasteiger partial charge in [-0.15, -0.1) is 0 Å². The summed E-state index contributed by atoms with van der Waals surface area (Å²) in [7, 11) is 0. The Balaban J connectivity index is 1.96. The van der Waals surface area contributed by atoms with Gasteiger partial charge in [-0.2, -0.15) is 5.26 Å². The van der Waals surface area contributed by atoms with Crippen molar-refractivity contribution < 1.29 is 0 Å². The van der Waals surface area contributed by atoms with Crippen molar-refractivity contribution in [3.05, 3.63) is 77.2 Å². The molecule has 0 saturated heterocycles. The molecule has 0 atom stereocenters. The number of anilines is 1. The lowest BCUT2D eigenvalue weighted by atomic mass is 9.84. The summed E-state index contributed by atoms with van der Waals surface area (Å²) in [6.07, 6.45) is 8.54. The number of nitrogens with two attached hydrogens (primary N) is 1. The van der Waals surface area contributed by atoms with Crippen LogP contribution in [0.3, 0.4) is 0 Å². The summed E-state index contributed by atoms with van der Waals surface area (Å²) < 4.78 is 0. The molecule has 3 aromatic rings. The van der Waals surface area contributed by atoms with Gasteiger partial charge in [0.1, 0.15) is 17.5 Å². The summed E-state index contributed by atoms with van der Waals surface area (Å²) in [5.74, 6) is 0.283. The van der Waals surface area contributed by atoms with Crippen molar-refractivity contribution in [3.63, 3.8) is 0 Å². The van der Waals surface area contributed by atoms with E-state index in [0.29, 0.717) is 5.56 Å². The van der Waals surface area contributed by atoms with Crippen molar-refractivity contribution in [2.24, 2.45) is 0 Å². The fourth-order valence-electron chi connectivity index (χ4n) is 3.56. The Hall–Kier alpha value is -3.45. The first kappa shape index (κ1) is 16.0. The van der Waals surface area contributed by atoms with Crippen LogP contribution < -0.4 is 5.73 Å². The fraction of sp³-hybridized carbons (Fsp3) is 0.136. The molecule has 0 saturated carbocycles. The van der Waals surface area contributed by atoms with Crippen LogP contribution in [0.15, 0.2) is 54.9 Å². The number of nitrogens with zero attached hydrogens (tertiary/aromatic N) is 3. The average Bonchev–Trinajstić information content (AvgIpc) is 2.69. The Morgan fingerprint density at radius 2 is 1.92 bits per heavy atom. The molecule has 0 fully saturated rings. The summed E-state index contributed by atoms with van der Waals surface area (Å²) in [4.78, 5) is 8.83. The normalized spacial score (nSPS) is 14.7. The molecule has 1 aromatic carbocycles. The van der Waals surface area contributed by atoms with Gasteiger partial charge in [0.15, 0.2) is 0 Å². The van der Waals surface area contributed by atoms with Crippen LogP contribution >= 0.6 is 0 Å². The van der Waals surface area contributed by atoms with Gasteiger partial charge in [-0.25, -0.2) is 4.98 Å². The van der Waals surface area contributed by atoms with Crippen molar-refractivity contribution in [1.29, 1.82) is 5.26 Å². The van der Waals surface area contributed by atoms with Crippen molar-refractivity contribution >= 4 is 17.5 Å². The Morgan fingerprint density at radius 1 is 1.08 bits per heavy atom. The average molecular weight is 338 g/mol. The second-order valence-electron chi connectivity index (χ2n) is 6.36. The van der Waals surface area contributed by atoms with Gasteiger partial charge in [0, 0.05) is 23.5 Å². The van der Waals surface area contributed by atoms with E-state index in [2.05, 4.69) is 34.2 Å². The number of nitrogen functional groups attached to an aromatic ring is 1. The molecule has 4 heteroatoms. The number of hydrogen-bond acceptors (Lipinski definition) is 4. The first-order valence-electron chi connectivity index (χ1n) is 8.67. The zero-order valence-electron chi connectivity index (χ0n) is 14.3. The van der Waals surface area contributed by atoms with Gasteiger partial charge in [0.25, 0.3) is 0 Å². The maximum atomic E-state index is 9.66. The summed E-state index contributed by atoms with van der Waals surface area (Å²) >= 11 is 0. The minimum absolute atomic E-state index is 0.283. The lowest BCUT2D eigenvalue weighted by Crippen LogP contribution is -2.11. The molecule has 26 heavy (non-hydrogen) atoms. The summed E-state index contributed by atoms with van der Waals surface area (Å²) in [5.41, 5.74) is 12.7. The number of nitriles is 1. The Bertz CT molecular complexity index is 1020. The molecule has 126 valence electrons. The second kappa shape index (κ2) is 6.81. The molecule has 1 aliphatic carbocycles. The maximum absolute atomic E-state index is 9.66. The van der Waals surface area contributed by atoms with Crippen molar-refractivity contribution in [2.75, 3.05) is 5.73 Å². The predicted octanol–water partition coefficient (Wildman–Crippen LogP) is 4.47. The van der Waals surface area contributed by atoms with Gasteiger partial charge in [-0.05, 0) is 48.1 Å². The monoisotopic (exact) mass is 338 g/mol. The minimum Gasteiger partial charge on any atom is -0.383 e. The first-order valence-corrected chi connectivity index (χ1v) is 8.67. The van der Waals surface area contributed by atoms with Gasteiger partial charge >= 0.3 is 0 Å². The number of aromatic nitrogens is 2. The molecule has 0 bridgehead atoms. The minimum atomic E-state index is 0.283. The lowest BCUT2D eigenvalue weighted by Gasteiger charge is -2.23. The Labute approximate surface area is 152 Å². The predicted molar refractivity (Wildman–Crippen MR) is 104 cm³/mol. The summed E-state index contributed by atoms with van der Waals surface area (Å²) in [6, 6.07) is 16.3. The molecule has 0 amide bonds. The number of allylic oxidation sites excluding steroid dienone is 1. The molecule has 0 radical (unpaired) electrons. The van der Waals surface area contributed by atoms with Crippen LogP contribution in [0.5, 0.6) is 0 Å². The third-order valence-corrected chi connectivity index (χ3v) is 4.71. The van der Waals surface area contributed by atoms with Crippen LogP contribution in [0.4, 0.5) is 5.82 Å². The van der Waals surface area contributed by atoms with E-state index in [1.165, 1.54) is 5.57 Å². The van der Waals surface area contributed by atoms with Crippen LogP contribution in [0, 0.1) is 11.3 Å². The smallest absolute Gasteiger partial charge is 0.142 e. The highest BCUT2D eigenvalue weighted by atomic mass is 14.9. The second-order valence-corrected chi connectivity index (χ2v) is 6.36. The topological polar surface area (TPSA) is 75.6 Å². The molecular weight excluding hydrogens is 320 g/mol. The summed E-state index contributed by atoms with van der Waals surface area (Å²) in [6.45, 7) is 0. The zero-order chi connectivity index (χ0) is 17.9. The molecule has 0 aliphatic heterocycles. The van der Waals surface area contributed by atoms with Crippen LogP contribution in [-0.4, -0.2) is 9.97 Å². The molecule has 2 heterocycles. The van der Waals surface area contributed by atoms with E-state index in [1.807, 2.05) is 30.3 Å². The van der Waals surface area contributed by atoms with Crippen LogP contribution in [0.2, 0.25) is 0 Å².